The SMILES string of the molecule is CCCCCCCCCCCCCCONc1ccccc1.[Ti]. The Morgan fingerprint density at radius 3 is 1.70 bits per heavy atom. The maximum atomic E-state index is 5.46. The molecule has 0 atom stereocenters. The number of rotatable bonds is 15. The minimum Gasteiger partial charge on any atom is -0.276 e. The zero-order chi connectivity index (χ0) is 15.7. The van der Waals surface area contributed by atoms with Crippen molar-refractivity contribution in [3.05, 3.63) is 30.3 Å². The molecule has 0 bridgehead atoms. The van der Waals surface area contributed by atoms with Crippen LogP contribution in [0.1, 0.15) is 84.0 Å². The van der Waals surface area contributed by atoms with Gasteiger partial charge >= 0.3 is 0 Å². The number of benzene rings is 1. The minimum absolute atomic E-state index is 0. The summed E-state index contributed by atoms with van der Waals surface area (Å²) in [6.45, 7) is 3.08. The molecular weight excluding hydrogens is 318 g/mol. The van der Waals surface area contributed by atoms with E-state index in [-0.39, 0.29) is 21.7 Å². The Balaban J connectivity index is 0.00000484. The molecule has 0 aliphatic rings. The van der Waals surface area contributed by atoms with Crippen LogP contribution in [0.25, 0.3) is 0 Å². The van der Waals surface area contributed by atoms with Crippen molar-refractivity contribution in [3.8, 4) is 0 Å². The number of para-hydroxylation sites is 1. The molecular formula is C20H35NOTi. The van der Waals surface area contributed by atoms with Gasteiger partial charge in [0.05, 0.1) is 12.3 Å². The molecule has 0 saturated carbocycles. The summed E-state index contributed by atoms with van der Waals surface area (Å²) >= 11 is 0. The van der Waals surface area contributed by atoms with Gasteiger partial charge in [-0.2, -0.15) is 0 Å². The molecule has 0 aromatic heterocycles. The van der Waals surface area contributed by atoms with Gasteiger partial charge in [-0.15, -0.1) is 0 Å². The van der Waals surface area contributed by atoms with E-state index in [0.29, 0.717) is 0 Å². The third-order valence-electron chi connectivity index (χ3n) is 4.06. The van der Waals surface area contributed by atoms with Crippen molar-refractivity contribution in [1.82, 2.24) is 0 Å². The Labute approximate surface area is 158 Å². The average Bonchev–Trinajstić information content (AvgIpc) is 2.56. The van der Waals surface area contributed by atoms with E-state index < -0.39 is 0 Å². The summed E-state index contributed by atoms with van der Waals surface area (Å²) in [5.41, 5.74) is 4.01. The molecule has 0 spiro atoms. The van der Waals surface area contributed by atoms with Gasteiger partial charge in [0.1, 0.15) is 0 Å². The van der Waals surface area contributed by atoms with Crippen LogP contribution in [-0.2, 0) is 26.6 Å². The zero-order valence-electron chi connectivity index (χ0n) is 15.0. The molecule has 0 aliphatic carbocycles. The molecule has 0 radical (unpaired) electrons. The molecule has 0 amide bonds. The molecule has 0 aliphatic heterocycles. The van der Waals surface area contributed by atoms with E-state index >= 15 is 0 Å². The maximum absolute atomic E-state index is 5.46. The van der Waals surface area contributed by atoms with Crippen LogP contribution < -0.4 is 5.48 Å². The molecule has 1 aromatic rings. The zero-order valence-corrected chi connectivity index (χ0v) is 16.5. The Morgan fingerprint density at radius 2 is 1.17 bits per heavy atom. The van der Waals surface area contributed by atoms with Crippen LogP contribution in [0.15, 0.2) is 30.3 Å². The quantitative estimate of drug-likeness (QED) is 0.214. The first-order chi connectivity index (χ1) is 10.9. The van der Waals surface area contributed by atoms with Crippen LogP contribution in [0.3, 0.4) is 0 Å². The molecule has 0 heterocycles. The van der Waals surface area contributed by atoms with E-state index in [1.54, 1.807) is 0 Å². The third-order valence-corrected chi connectivity index (χ3v) is 4.06. The van der Waals surface area contributed by atoms with E-state index in [4.69, 9.17) is 4.84 Å². The summed E-state index contributed by atoms with van der Waals surface area (Å²) in [5, 5.41) is 0. The summed E-state index contributed by atoms with van der Waals surface area (Å²) in [5.74, 6) is 0. The van der Waals surface area contributed by atoms with E-state index in [1.165, 1.54) is 70.6 Å². The molecule has 23 heavy (non-hydrogen) atoms. The number of hydrogen-bond acceptors (Lipinski definition) is 2. The van der Waals surface area contributed by atoms with Gasteiger partial charge in [-0.3, -0.25) is 10.3 Å². The summed E-state index contributed by atoms with van der Waals surface area (Å²) in [7, 11) is 0. The molecule has 0 fully saturated rings. The monoisotopic (exact) mass is 353 g/mol. The van der Waals surface area contributed by atoms with Crippen LogP contribution in [0, 0.1) is 0 Å². The van der Waals surface area contributed by atoms with Crippen molar-refractivity contribution < 1.29 is 26.6 Å². The van der Waals surface area contributed by atoms with Gasteiger partial charge in [-0.05, 0) is 18.6 Å². The van der Waals surface area contributed by atoms with Gasteiger partial charge in [-0.1, -0.05) is 95.8 Å². The van der Waals surface area contributed by atoms with Crippen molar-refractivity contribution in [2.24, 2.45) is 0 Å². The second-order valence-corrected chi connectivity index (χ2v) is 6.21. The fraction of sp³-hybridized carbons (Fsp3) is 0.700. The van der Waals surface area contributed by atoms with Gasteiger partial charge < -0.3 is 0 Å². The molecule has 1 N–H and O–H groups in total. The number of hydrogen-bond donors (Lipinski definition) is 1. The van der Waals surface area contributed by atoms with Crippen LogP contribution in [0.5, 0.6) is 0 Å². The van der Waals surface area contributed by atoms with Gasteiger partial charge in [-0.25, -0.2) is 0 Å². The largest absolute Gasteiger partial charge is 0.276 e. The topological polar surface area (TPSA) is 21.3 Å². The summed E-state index contributed by atoms with van der Waals surface area (Å²) in [4.78, 5) is 5.46. The van der Waals surface area contributed by atoms with E-state index in [2.05, 4.69) is 12.4 Å². The minimum atomic E-state index is 0. The van der Waals surface area contributed by atoms with Gasteiger partial charge in [0.15, 0.2) is 0 Å². The number of unbranched alkanes of at least 4 members (excludes halogenated alkanes) is 11. The normalized spacial score (nSPS) is 10.3. The summed E-state index contributed by atoms with van der Waals surface area (Å²) < 4.78 is 0. The second kappa shape index (κ2) is 18.0. The molecule has 0 unspecified atom stereocenters. The second-order valence-electron chi connectivity index (χ2n) is 6.21. The predicted octanol–water partition coefficient (Wildman–Crippen LogP) is 6.73. The van der Waals surface area contributed by atoms with Crippen LogP contribution in [0.4, 0.5) is 5.69 Å². The van der Waals surface area contributed by atoms with E-state index in [0.717, 1.165) is 18.7 Å². The van der Waals surface area contributed by atoms with Crippen LogP contribution in [0.2, 0.25) is 0 Å². The van der Waals surface area contributed by atoms with Crippen molar-refractivity contribution in [2.45, 2.75) is 84.0 Å². The molecule has 0 saturated heterocycles. The van der Waals surface area contributed by atoms with Crippen molar-refractivity contribution in [3.63, 3.8) is 0 Å². The fourth-order valence-electron chi connectivity index (χ4n) is 2.66. The molecule has 1 aromatic carbocycles. The van der Waals surface area contributed by atoms with E-state index in [9.17, 15) is 0 Å². The van der Waals surface area contributed by atoms with Crippen molar-refractivity contribution in [2.75, 3.05) is 12.1 Å². The van der Waals surface area contributed by atoms with Crippen molar-refractivity contribution in [1.29, 1.82) is 0 Å². The predicted molar refractivity (Wildman–Crippen MR) is 97.1 cm³/mol. The summed E-state index contributed by atoms with van der Waals surface area (Å²) in [6.07, 6.45) is 16.6. The van der Waals surface area contributed by atoms with Gasteiger partial charge in [0.2, 0.25) is 0 Å². The Hall–Kier alpha value is -0.306. The van der Waals surface area contributed by atoms with Crippen molar-refractivity contribution >= 4 is 5.69 Å². The first-order valence-electron chi connectivity index (χ1n) is 9.36. The molecule has 3 heteroatoms. The Bertz CT molecular complexity index is 332. The van der Waals surface area contributed by atoms with E-state index in [1.807, 2.05) is 30.3 Å². The third kappa shape index (κ3) is 15.0. The van der Waals surface area contributed by atoms with Crippen LogP contribution in [-0.4, -0.2) is 6.61 Å². The first-order valence-corrected chi connectivity index (χ1v) is 9.36. The molecule has 130 valence electrons. The Kier molecular flexibility index (Phi) is 17.8. The summed E-state index contributed by atoms with van der Waals surface area (Å²) in [6, 6.07) is 10.1. The average molecular weight is 353 g/mol. The molecule has 1 rings (SSSR count). The van der Waals surface area contributed by atoms with Gasteiger partial charge in [0.25, 0.3) is 0 Å². The standard InChI is InChI=1S/C20H35NO.Ti/c1-2-3-4-5-6-7-8-9-10-11-12-16-19-22-21-20-17-14-13-15-18-20;/h13-15,17-18,21H,2-12,16,19H2,1H3;. The smallest absolute Gasteiger partial charge is 0.0746 e. The number of nitrogens with one attached hydrogen (secondary N) is 1. The van der Waals surface area contributed by atoms with Crippen LogP contribution >= 0.6 is 0 Å². The fourth-order valence-corrected chi connectivity index (χ4v) is 2.66. The van der Waals surface area contributed by atoms with Gasteiger partial charge in [0, 0.05) is 21.7 Å². The first kappa shape index (κ1) is 22.7. The maximum Gasteiger partial charge on any atom is 0.0746 e. The Morgan fingerprint density at radius 1 is 0.696 bits per heavy atom. The molecule has 2 nitrogen and oxygen atoms in total. The number of anilines is 1.